The van der Waals surface area contributed by atoms with Crippen LogP contribution < -0.4 is 9.13 Å². The fourth-order valence-electron chi connectivity index (χ4n) is 2.15. The van der Waals surface area contributed by atoms with Crippen molar-refractivity contribution in [3.8, 4) is 11.6 Å². The van der Waals surface area contributed by atoms with Crippen LogP contribution in [0.5, 0.6) is 0 Å². The predicted molar refractivity (Wildman–Crippen MR) is 84.0 cm³/mol. The Kier molecular flexibility index (Phi) is 7.73. The first-order valence-corrected chi connectivity index (χ1v) is 8.35. The van der Waals surface area contributed by atoms with E-state index >= 15 is 0 Å². The zero-order valence-electron chi connectivity index (χ0n) is 12.4. The lowest BCUT2D eigenvalue weighted by molar-refractivity contribution is -0.715. The molecule has 0 radical (unpaired) electrons. The highest BCUT2D eigenvalue weighted by atomic mass is 35.5. The lowest BCUT2D eigenvalue weighted by atomic mass is 10.5. The van der Waals surface area contributed by atoms with E-state index in [4.69, 9.17) is 32.7 Å². The van der Waals surface area contributed by atoms with Gasteiger partial charge in [0.15, 0.2) is 0 Å². The van der Waals surface area contributed by atoms with Gasteiger partial charge in [-0.25, -0.2) is 19.1 Å². The van der Waals surface area contributed by atoms with E-state index in [1.54, 1.807) is 0 Å². The van der Waals surface area contributed by atoms with E-state index < -0.39 is 0 Å². The van der Waals surface area contributed by atoms with Crippen LogP contribution in [0.2, 0.25) is 0 Å². The molecule has 0 atom stereocenters. The second-order valence-corrected chi connectivity index (χ2v) is 5.36. The monoisotopic (exact) mass is 348 g/mol. The Morgan fingerprint density at radius 2 is 1.23 bits per heavy atom. The van der Waals surface area contributed by atoms with Gasteiger partial charge in [-0.15, -0.1) is 23.2 Å². The number of aromatic amines is 2. The molecule has 0 aromatic carbocycles. The fraction of sp³-hybridized carbons (Fsp3) is 0.571. The molecule has 8 heteroatoms. The van der Waals surface area contributed by atoms with Crippen molar-refractivity contribution in [2.45, 2.75) is 13.1 Å². The number of aromatic nitrogens is 4. The second kappa shape index (κ2) is 9.84. The third kappa shape index (κ3) is 4.98. The molecule has 22 heavy (non-hydrogen) atoms. The van der Waals surface area contributed by atoms with Crippen LogP contribution in [0.1, 0.15) is 0 Å². The number of rotatable bonds is 11. The van der Waals surface area contributed by atoms with Crippen LogP contribution in [0.3, 0.4) is 0 Å². The minimum Gasteiger partial charge on any atom is -0.376 e. The summed E-state index contributed by atoms with van der Waals surface area (Å²) in [6.07, 6.45) is 7.81. The van der Waals surface area contributed by atoms with Crippen LogP contribution in [-0.4, -0.2) is 48.2 Å². The highest BCUT2D eigenvalue weighted by Gasteiger charge is 2.24. The summed E-state index contributed by atoms with van der Waals surface area (Å²) in [6.45, 7) is 3.92. The summed E-state index contributed by atoms with van der Waals surface area (Å²) in [5.41, 5.74) is 0. The highest BCUT2D eigenvalue weighted by Crippen LogP contribution is 2.04. The van der Waals surface area contributed by atoms with E-state index in [0.29, 0.717) is 38.2 Å². The Labute approximate surface area is 140 Å². The molecule has 0 aliphatic carbocycles. The minimum absolute atomic E-state index is 0.517. The van der Waals surface area contributed by atoms with Crippen LogP contribution in [0.15, 0.2) is 24.8 Å². The van der Waals surface area contributed by atoms with Crippen molar-refractivity contribution < 1.29 is 18.6 Å². The molecule has 2 heterocycles. The Hall–Kier alpha value is -1.08. The molecule has 0 unspecified atom stereocenters. The van der Waals surface area contributed by atoms with Gasteiger partial charge in [-0.3, -0.25) is 0 Å². The molecule has 0 aliphatic rings. The van der Waals surface area contributed by atoms with Crippen molar-refractivity contribution in [2.24, 2.45) is 0 Å². The quantitative estimate of drug-likeness (QED) is 0.363. The van der Waals surface area contributed by atoms with E-state index in [0.717, 1.165) is 24.7 Å². The second-order valence-electron chi connectivity index (χ2n) is 4.61. The molecule has 0 bridgehead atoms. The highest BCUT2D eigenvalue weighted by molar-refractivity contribution is 6.18. The summed E-state index contributed by atoms with van der Waals surface area (Å²) in [7, 11) is 0. The van der Waals surface area contributed by atoms with Gasteiger partial charge < -0.3 is 9.47 Å². The molecule has 0 fully saturated rings. The number of hydrogen-bond acceptors (Lipinski definition) is 2. The zero-order valence-corrected chi connectivity index (χ0v) is 13.9. The van der Waals surface area contributed by atoms with Crippen molar-refractivity contribution in [2.75, 3.05) is 38.2 Å². The van der Waals surface area contributed by atoms with Crippen molar-refractivity contribution in [3.05, 3.63) is 24.8 Å². The average molecular weight is 349 g/mol. The molecule has 2 aromatic heterocycles. The SMILES string of the molecule is ClCCOCC[n+]1cc[nH]c1-c1[nH]cc[n+]1CCOCCCl. The summed E-state index contributed by atoms with van der Waals surface area (Å²) in [4.78, 5) is 6.52. The maximum atomic E-state index is 5.60. The van der Waals surface area contributed by atoms with Crippen LogP contribution in [0.25, 0.3) is 11.6 Å². The van der Waals surface area contributed by atoms with Gasteiger partial charge in [0.05, 0.1) is 26.4 Å². The van der Waals surface area contributed by atoms with E-state index in [1.807, 2.05) is 24.8 Å². The summed E-state index contributed by atoms with van der Waals surface area (Å²) >= 11 is 11.2. The predicted octanol–water partition coefficient (Wildman–Crippen LogP) is 1.10. The summed E-state index contributed by atoms with van der Waals surface area (Å²) in [6, 6.07) is 0. The third-order valence-electron chi connectivity index (χ3n) is 3.14. The Morgan fingerprint density at radius 3 is 1.64 bits per heavy atom. The van der Waals surface area contributed by atoms with Crippen molar-refractivity contribution in [1.29, 1.82) is 0 Å². The number of alkyl halides is 2. The van der Waals surface area contributed by atoms with Crippen LogP contribution in [0, 0.1) is 0 Å². The maximum Gasteiger partial charge on any atom is 0.371 e. The van der Waals surface area contributed by atoms with Gasteiger partial charge in [0, 0.05) is 11.8 Å². The Balaban J connectivity index is 1.97. The average Bonchev–Trinajstić information content (AvgIpc) is 3.16. The van der Waals surface area contributed by atoms with Gasteiger partial charge in [-0.1, -0.05) is 0 Å². The zero-order chi connectivity index (χ0) is 15.6. The van der Waals surface area contributed by atoms with E-state index in [-0.39, 0.29) is 0 Å². The fourth-order valence-corrected chi connectivity index (χ4v) is 2.37. The molecule has 2 aromatic rings. The largest absolute Gasteiger partial charge is 0.376 e. The first-order chi connectivity index (χ1) is 10.9. The molecule has 2 rings (SSSR count). The van der Waals surface area contributed by atoms with Crippen LogP contribution >= 0.6 is 23.2 Å². The van der Waals surface area contributed by atoms with E-state index in [9.17, 15) is 0 Å². The van der Waals surface area contributed by atoms with Crippen LogP contribution in [0.4, 0.5) is 0 Å². The van der Waals surface area contributed by atoms with Gasteiger partial charge in [-0.2, -0.15) is 0 Å². The molecule has 0 amide bonds. The molecule has 6 nitrogen and oxygen atoms in total. The molecule has 0 saturated heterocycles. The van der Waals surface area contributed by atoms with Crippen molar-refractivity contribution >= 4 is 23.2 Å². The van der Waals surface area contributed by atoms with Gasteiger partial charge in [-0.05, 0) is 0 Å². The van der Waals surface area contributed by atoms with Crippen LogP contribution in [-0.2, 0) is 22.6 Å². The number of nitrogens with zero attached hydrogens (tertiary/aromatic N) is 2. The van der Waals surface area contributed by atoms with E-state index in [2.05, 4.69) is 19.1 Å². The molecule has 0 saturated carbocycles. The standard InChI is InChI=1S/C14H20Cl2N4O2/c15-1-9-21-11-7-19-5-3-17-13(19)14-18-4-6-20(14)8-12-22-10-2-16/h3-6H,1-2,7-12H2/p+2. The number of hydrogen-bond donors (Lipinski definition) is 2. The summed E-state index contributed by atoms with van der Waals surface area (Å²) in [5, 5.41) is 0. The molecule has 122 valence electrons. The van der Waals surface area contributed by atoms with Crippen molar-refractivity contribution in [1.82, 2.24) is 9.97 Å². The number of imidazole rings is 2. The lowest BCUT2D eigenvalue weighted by Crippen LogP contribution is -2.43. The minimum atomic E-state index is 0.517. The third-order valence-corrected chi connectivity index (χ3v) is 3.45. The number of nitrogens with one attached hydrogen (secondary N) is 2. The number of H-pyrrole nitrogens is 2. The molecular formula is C14H22Cl2N4O2+2. The number of halogens is 2. The molecule has 0 aliphatic heterocycles. The summed E-state index contributed by atoms with van der Waals surface area (Å²) < 4.78 is 15.1. The lowest BCUT2D eigenvalue weighted by Gasteiger charge is -2.02. The smallest absolute Gasteiger partial charge is 0.371 e. The Morgan fingerprint density at radius 1 is 0.773 bits per heavy atom. The number of ether oxygens (including phenoxy) is 2. The first-order valence-electron chi connectivity index (χ1n) is 7.28. The van der Waals surface area contributed by atoms with Gasteiger partial charge in [0.2, 0.25) is 0 Å². The van der Waals surface area contributed by atoms with Gasteiger partial charge in [0.1, 0.15) is 37.9 Å². The maximum absolute atomic E-state index is 5.60. The molecular weight excluding hydrogens is 327 g/mol. The van der Waals surface area contributed by atoms with Gasteiger partial charge in [0.25, 0.3) is 0 Å². The van der Waals surface area contributed by atoms with E-state index in [1.165, 1.54) is 0 Å². The van der Waals surface area contributed by atoms with Gasteiger partial charge >= 0.3 is 11.6 Å². The topological polar surface area (TPSA) is 57.8 Å². The summed E-state index contributed by atoms with van der Waals surface area (Å²) in [5.74, 6) is 3.03. The normalized spacial score (nSPS) is 11.2. The molecule has 0 spiro atoms. The van der Waals surface area contributed by atoms with Crippen molar-refractivity contribution in [3.63, 3.8) is 0 Å². The molecule has 2 N–H and O–H groups in total. The first kappa shape index (κ1) is 17.3. The Bertz CT molecular complexity index is 496.